The van der Waals surface area contributed by atoms with Gasteiger partial charge in [0, 0.05) is 6.07 Å². The summed E-state index contributed by atoms with van der Waals surface area (Å²) < 4.78 is 48.3. The average molecular weight is 723 g/mol. The zero-order valence-electron chi connectivity index (χ0n) is 25.8. The van der Waals surface area contributed by atoms with E-state index in [-0.39, 0.29) is 47.1 Å². The standard InChI is InChI=1S/C30H28ClFN4O14/c1-43-35-23(29-36-46-9-8-44-29)15-4-2-3-5-17(15)48-27-22(32)28(34-13-33-27)49-18-7-6-14(10-16(18)31)47-30-26(42)25(41)24(40)19(50-30)12-45-21(39)11-20(37)38/h2-7,10,13,19,24-26,30,40-42H,8-9,11-12H2,1H3,(H,37,38)/b35-23+/t19-,24-,25+,26-,30-/m1/s1. The molecule has 2 aromatic carbocycles. The van der Waals surface area contributed by atoms with Crippen molar-refractivity contribution in [2.75, 3.05) is 26.9 Å². The molecule has 1 fully saturated rings. The largest absolute Gasteiger partial charge is 0.481 e. The molecule has 18 nitrogen and oxygen atoms in total. The van der Waals surface area contributed by atoms with Gasteiger partial charge in [0.05, 0.1) is 10.6 Å². The zero-order valence-corrected chi connectivity index (χ0v) is 26.5. The Kier molecular flexibility index (Phi) is 11.8. The number of nitrogens with zero attached hydrogens (tertiary/aromatic N) is 4. The fourth-order valence-electron chi connectivity index (χ4n) is 4.43. The maximum absolute atomic E-state index is 15.6. The molecule has 0 aliphatic carbocycles. The number of carboxylic acid groups (broad SMARTS) is 1. The predicted octanol–water partition coefficient (Wildman–Crippen LogP) is 1.77. The molecule has 1 saturated heterocycles. The van der Waals surface area contributed by atoms with E-state index in [1.54, 1.807) is 18.2 Å². The van der Waals surface area contributed by atoms with Crippen LogP contribution in [0.3, 0.4) is 0 Å². The minimum Gasteiger partial charge on any atom is -0.481 e. The van der Waals surface area contributed by atoms with Gasteiger partial charge < -0.3 is 58.5 Å². The monoisotopic (exact) mass is 722 g/mol. The molecule has 2 aliphatic heterocycles. The van der Waals surface area contributed by atoms with Crippen LogP contribution in [0.15, 0.2) is 59.1 Å². The van der Waals surface area contributed by atoms with Crippen LogP contribution in [0.4, 0.5) is 4.39 Å². The van der Waals surface area contributed by atoms with Crippen molar-refractivity contribution in [3.63, 3.8) is 0 Å². The number of para-hydroxylation sites is 1. The molecule has 50 heavy (non-hydrogen) atoms. The van der Waals surface area contributed by atoms with Crippen LogP contribution in [-0.2, 0) is 33.5 Å². The number of carbonyl (C=O) groups is 2. The van der Waals surface area contributed by atoms with E-state index in [0.29, 0.717) is 5.56 Å². The lowest BCUT2D eigenvalue weighted by Gasteiger charge is -2.39. The Labute approximate surface area is 286 Å². The Morgan fingerprint density at radius 3 is 2.44 bits per heavy atom. The van der Waals surface area contributed by atoms with E-state index < -0.39 is 73.2 Å². The van der Waals surface area contributed by atoms with Crippen molar-refractivity contribution in [1.82, 2.24) is 9.97 Å². The third kappa shape index (κ3) is 8.62. The second-order valence-electron chi connectivity index (χ2n) is 10.2. The topological polar surface area (TPSA) is 239 Å². The van der Waals surface area contributed by atoms with Gasteiger partial charge in [0.1, 0.15) is 74.7 Å². The SMILES string of the molecule is CO/N=C(/C1=NOCCO1)c1ccccc1Oc1ncnc(Oc2ccc(O[C@@H]3O[C@H](COC(=O)CC(=O)O)[C@@H](O)[C@H](O)[C@H]3O)cc2Cl)c1F. The van der Waals surface area contributed by atoms with Crippen LogP contribution in [0.25, 0.3) is 0 Å². The van der Waals surface area contributed by atoms with Crippen LogP contribution < -0.4 is 14.2 Å². The number of hydrogen-bond donors (Lipinski definition) is 4. The van der Waals surface area contributed by atoms with Gasteiger partial charge in [-0.3, -0.25) is 9.59 Å². The summed E-state index contributed by atoms with van der Waals surface area (Å²) in [6.45, 7) is -0.197. The highest BCUT2D eigenvalue weighted by Gasteiger charge is 2.45. The average Bonchev–Trinajstić information content (AvgIpc) is 3.10. The third-order valence-corrected chi connectivity index (χ3v) is 7.05. The molecule has 0 saturated carbocycles. The van der Waals surface area contributed by atoms with Crippen molar-refractivity contribution < 1.29 is 72.5 Å². The molecule has 0 bridgehead atoms. The number of esters is 1. The van der Waals surface area contributed by atoms with Crippen molar-refractivity contribution in [3.8, 4) is 29.0 Å². The highest BCUT2D eigenvalue weighted by molar-refractivity contribution is 6.45. The number of oxime groups is 2. The summed E-state index contributed by atoms with van der Waals surface area (Å²) in [5.74, 6) is -4.73. The van der Waals surface area contributed by atoms with Crippen molar-refractivity contribution >= 4 is 35.1 Å². The molecular formula is C30H28ClFN4O14. The Morgan fingerprint density at radius 1 is 1.02 bits per heavy atom. The molecular weight excluding hydrogens is 695 g/mol. The summed E-state index contributed by atoms with van der Waals surface area (Å²) in [6, 6.07) is 10.2. The second kappa shape index (κ2) is 16.4. The first-order valence-electron chi connectivity index (χ1n) is 14.5. The van der Waals surface area contributed by atoms with Crippen molar-refractivity contribution in [2.45, 2.75) is 37.1 Å². The highest BCUT2D eigenvalue weighted by atomic mass is 35.5. The minimum atomic E-state index is -1.79. The van der Waals surface area contributed by atoms with E-state index in [2.05, 4.69) is 20.3 Å². The fourth-order valence-corrected chi connectivity index (χ4v) is 4.64. The first-order chi connectivity index (χ1) is 24.0. The molecule has 2 aliphatic rings. The minimum absolute atomic E-state index is 0.0139. The summed E-state index contributed by atoms with van der Waals surface area (Å²) in [6.07, 6.45) is -8.19. The van der Waals surface area contributed by atoms with Gasteiger partial charge in [0.2, 0.25) is 12.1 Å². The van der Waals surface area contributed by atoms with Gasteiger partial charge in [0.25, 0.3) is 17.7 Å². The number of aliphatic hydroxyl groups excluding tert-OH is 3. The van der Waals surface area contributed by atoms with Crippen LogP contribution in [0, 0.1) is 5.82 Å². The molecule has 266 valence electrons. The zero-order chi connectivity index (χ0) is 35.8. The van der Waals surface area contributed by atoms with Gasteiger partial charge in [-0.05, 0) is 29.4 Å². The third-order valence-electron chi connectivity index (χ3n) is 6.76. The summed E-state index contributed by atoms with van der Waals surface area (Å²) in [5.41, 5.74) is 0.409. The number of rotatable bonds is 13. The van der Waals surface area contributed by atoms with E-state index in [1.807, 2.05) is 0 Å². The fraction of sp³-hybridized carbons (Fsp3) is 0.333. The Balaban J connectivity index is 1.28. The molecule has 3 heterocycles. The van der Waals surface area contributed by atoms with Crippen molar-refractivity contribution in [3.05, 3.63) is 65.2 Å². The van der Waals surface area contributed by atoms with Crippen LogP contribution in [0.2, 0.25) is 5.02 Å². The molecule has 0 spiro atoms. The molecule has 0 amide bonds. The van der Waals surface area contributed by atoms with Crippen LogP contribution in [-0.4, -0.2) is 112 Å². The number of halogens is 2. The van der Waals surface area contributed by atoms with Gasteiger partial charge in [0.15, 0.2) is 12.3 Å². The molecule has 0 unspecified atom stereocenters. The lowest BCUT2D eigenvalue weighted by molar-refractivity contribution is -0.278. The normalized spacial score (nSPS) is 21.9. The number of carbonyl (C=O) groups excluding carboxylic acids is 1. The number of aromatic nitrogens is 2. The maximum Gasteiger partial charge on any atom is 0.317 e. The van der Waals surface area contributed by atoms with Gasteiger partial charge in [-0.1, -0.05) is 28.9 Å². The lowest BCUT2D eigenvalue weighted by atomic mass is 9.99. The van der Waals surface area contributed by atoms with Crippen molar-refractivity contribution in [1.29, 1.82) is 0 Å². The lowest BCUT2D eigenvalue weighted by Crippen LogP contribution is -2.60. The van der Waals surface area contributed by atoms with E-state index in [4.69, 9.17) is 54.8 Å². The van der Waals surface area contributed by atoms with E-state index in [9.17, 15) is 24.9 Å². The Hall–Kier alpha value is -5.34. The van der Waals surface area contributed by atoms with Gasteiger partial charge in [-0.25, -0.2) is 0 Å². The number of carboxylic acids is 1. The van der Waals surface area contributed by atoms with Gasteiger partial charge >= 0.3 is 11.9 Å². The van der Waals surface area contributed by atoms with Crippen molar-refractivity contribution in [2.24, 2.45) is 10.3 Å². The Morgan fingerprint density at radius 2 is 1.76 bits per heavy atom. The summed E-state index contributed by atoms with van der Waals surface area (Å²) in [7, 11) is 1.32. The Bertz CT molecular complexity index is 1760. The summed E-state index contributed by atoms with van der Waals surface area (Å²) in [4.78, 5) is 40.0. The first kappa shape index (κ1) is 36.0. The molecule has 4 N–H and O–H groups in total. The van der Waals surface area contributed by atoms with E-state index >= 15 is 4.39 Å². The molecule has 5 rings (SSSR count). The molecule has 3 aromatic rings. The van der Waals surface area contributed by atoms with Crippen LogP contribution >= 0.6 is 11.6 Å². The van der Waals surface area contributed by atoms with E-state index in [1.165, 1.54) is 31.4 Å². The first-order valence-corrected chi connectivity index (χ1v) is 14.9. The summed E-state index contributed by atoms with van der Waals surface area (Å²) >= 11 is 6.36. The number of aliphatic carboxylic acids is 1. The number of benzene rings is 2. The molecule has 0 radical (unpaired) electrons. The van der Waals surface area contributed by atoms with E-state index in [0.717, 1.165) is 6.33 Å². The highest BCUT2D eigenvalue weighted by Crippen LogP contribution is 2.36. The van der Waals surface area contributed by atoms with Gasteiger partial charge in [-0.15, -0.1) is 0 Å². The molecule has 5 atom stereocenters. The number of hydrogen-bond acceptors (Lipinski definition) is 17. The quantitative estimate of drug-likeness (QED) is 0.0851. The van der Waals surface area contributed by atoms with Crippen LogP contribution in [0.1, 0.15) is 12.0 Å². The predicted molar refractivity (Wildman–Crippen MR) is 163 cm³/mol. The maximum atomic E-state index is 15.6. The van der Waals surface area contributed by atoms with Gasteiger partial charge in [-0.2, -0.15) is 14.4 Å². The molecule has 20 heteroatoms. The number of aliphatic hydroxyl groups is 3. The molecule has 1 aromatic heterocycles. The summed E-state index contributed by atoms with van der Waals surface area (Å²) in [5, 5.41) is 47.3. The second-order valence-corrected chi connectivity index (χ2v) is 10.6. The number of ether oxygens (including phenoxy) is 6. The van der Waals surface area contributed by atoms with Crippen LogP contribution in [0.5, 0.6) is 29.0 Å². The smallest absolute Gasteiger partial charge is 0.317 e.